The van der Waals surface area contributed by atoms with E-state index >= 15 is 0 Å². The largest absolute Gasteiger partial charge is 0.472 e. The van der Waals surface area contributed by atoms with Crippen LogP contribution in [0.4, 0.5) is 0 Å². The van der Waals surface area contributed by atoms with E-state index in [9.17, 15) is 44.6 Å². The van der Waals surface area contributed by atoms with Crippen molar-refractivity contribution in [3.05, 3.63) is 36.5 Å². The molecule has 1 aliphatic rings. The van der Waals surface area contributed by atoms with E-state index in [1.807, 2.05) is 0 Å². The summed E-state index contributed by atoms with van der Waals surface area (Å²) in [5.74, 6) is -1.13. The summed E-state index contributed by atoms with van der Waals surface area (Å²) in [7, 11) is -5.13. The van der Waals surface area contributed by atoms with Gasteiger partial charge >= 0.3 is 19.8 Å². The van der Waals surface area contributed by atoms with E-state index < -0.39 is 75.7 Å². The monoisotopic (exact) mass is 931 g/mol. The van der Waals surface area contributed by atoms with E-state index in [1.54, 1.807) is 0 Å². The van der Waals surface area contributed by atoms with Gasteiger partial charge in [0.1, 0.15) is 43.2 Å². The molecular weight excluding hydrogens is 840 g/mol. The highest BCUT2D eigenvalue weighted by molar-refractivity contribution is 7.47. The third-order valence-electron chi connectivity index (χ3n) is 11.7. The van der Waals surface area contributed by atoms with Gasteiger partial charge in [-0.3, -0.25) is 18.6 Å². The van der Waals surface area contributed by atoms with Crippen LogP contribution in [0.25, 0.3) is 0 Å². The molecule has 0 saturated heterocycles. The highest BCUT2D eigenvalue weighted by Crippen LogP contribution is 2.47. The average Bonchev–Trinajstić information content (AvgIpc) is 3.28. The van der Waals surface area contributed by atoms with Crippen LogP contribution in [0, 0.1) is 0 Å². The summed E-state index contributed by atoms with van der Waals surface area (Å²) in [6.07, 6.45) is 33.6. The Morgan fingerprint density at radius 3 is 1.36 bits per heavy atom. The first kappa shape index (κ1) is 60.1. The Bertz CT molecular complexity index is 1260. The zero-order valence-corrected chi connectivity index (χ0v) is 40.7. The number of aliphatic hydroxyl groups excluding tert-OH is 5. The number of phosphoric acid groups is 1. The minimum Gasteiger partial charge on any atom is -0.462 e. The molecule has 0 spiro atoms. The van der Waals surface area contributed by atoms with E-state index in [2.05, 4.69) is 50.3 Å². The molecule has 13 nitrogen and oxygen atoms in total. The Morgan fingerprint density at radius 2 is 0.891 bits per heavy atom. The number of esters is 2. The Balaban J connectivity index is 2.36. The van der Waals surface area contributed by atoms with Crippen molar-refractivity contribution in [3.8, 4) is 0 Å². The zero-order valence-electron chi connectivity index (χ0n) is 39.8. The van der Waals surface area contributed by atoms with Gasteiger partial charge in [0.25, 0.3) is 0 Å². The number of allylic oxidation sites excluding steroid dienone is 6. The minimum atomic E-state index is -5.13. The van der Waals surface area contributed by atoms with Crippen molar-refractivity contribution in [1.29, 1.82) is 0 Å². The summed E-state index contributed by atoms with van der Waals surface area (Å²) in [4.78, 5) is 35.7. The lowest BCUT2D eigenvalue weighted by Gasteiger charge is -2.41. The maximum absolute atomic E-state index is 12.8. The lowest BCUT2D eigenvalue weighted by molar-refractivity contribution is -0.220. The van der Waals surface area contributed by atoms with Crippen molar-refractivity contribution in [1.82, 2.24) is 0 Å². The van der Waals surface area contributed by atoms with Crippen molar-refractivity contribution >= 4 is 19.8 Å². The molecule has 374 valence electrons. The second-order valence-corrected chi connectivity index (χ2v) is 19.1. The molecule has 1 rings (SSSR count). The van der Waals surface area contributed by atoms with E-state index in [0.717, 1.165) is 57.8 Å². The number of phosphoric ester groups is 1. The molecule has 14 heteroatoms. The molecule has 1 fully saturated rings. The molecule has 0 radical (unpaired) electrons. The number of hydrogen-bond donors (Lipinski definition) is 6. The molecule has 6 N–H and O–H groups in total. The van der Waals surface area contributed by atoms with E-state index in [-0.39, 0.29) is 12.8 Å². The van der Waals surface area contributed by atoms with Crippen molar-refractivity contribution < 1.29 is 63.1 Å². The number of ether oxygens (including phenoxy) is 2. The van der Waals surface area contributed by atoms with Crippen molar-refractivity contribution in [2.24, 2.45) is 0 Å². The smallest absolute Gasteiger partial charge is 0.462 e. The van der Waals surface area contributed by atoms with E-state index in [1.165, 1.54) is 116 Å². The van der Waals surface area contributed by atoms with Crippen LogP contribution in [0.15, 0.2) is 36.5 Å². The summed E-state index contributed by atoms with van der Waals surface area (Å²) in [5, 5.41) is 50.2. The quantitative estimate of drug-likeness (QED) is 0.0146. The van der Waals surface area contributed by atoms with Gasteiger partial charge in [-0.25, -0.2) is 4.57 Å². The van der Waals surface area contributed by atoms with Gasteiger partial charge in [0.05, 0.1) is 6.61 Å². The van der Waals surface area contributed by atoms with Crippen molar-refractivity contribution in [2.45, 2.75) is 256 Å². The highest BCUT2D eigenvalue weighted by Gasteiger charge is 2.51. The van der Waals surface area contributed by atoms with Crippen LogP contribution in [-0.4, -0.2) is 98.3 Å². The second kappa shape index (κ2) is 40.2. The van der Waals surface area contributed by atoms with Gasteiger partial charge in [0.2, 0.25) is 0 Å². The molecule has 0 aliphatic heterocycles. The van der Waals surface area contributed by atoms with Gasteiger partial charge < -0.3 is 39.9 Å². The lowest BCUT2D eigenvalue weighted by atomic mass is 9.85. The number of carbonyl (C=O) groups is 2. The van der Waals surface area contributed by atoms with Crippen LogP contribution >= 0.6 is 7.82 Å². The number of hydrogen-bond acceptors (Lipinski definition) is 12. The SMILES string of the molecule is CC/C=C\C/C=C\C/C=C\CCCCCC(=O)OC(COC(=O)CCCCCCCCCCCCCCCCCCCCCCCC)COP(=O)(O)OC1C(O)C(O)C(O)C(O)C1O. The predicted molar refractivity (Wildman–Crippen MR) is 253 cm³/mol. The average molecular weight is 931 g/mol. The standard InChI is InChI=1S/C50H91O13P/c1-3-5-7-9-11-13-15-17-18-19-20-21-22-23-24-25-27-28-30-32-34-36-38-43(51)60-40-42(41-61-64(58,59)63-50-48(56)46(54)45(53)47(55)49(50)57)62-44(52)39-37-35-33-31-29-26-16-14-12-10-8-6-4-2/h6,8,12,14,26,29,42,45-50,53-57H,3-5,7,9-11,13,15-25,27-28,30-41H2,1-2H3,(H,58,59)/b8-6-,14-12-,29-26-. The lowest BCUT2D eigenvalue weighted by Crippen LogP contribution is -2.64. The topological polar surface area (TPSA) is 210 Å². The van der Waals surface area contributed by atoms with Crippen LogP contribution in [-0.2, 0) is 32.7 Å². The van der Waals surface area contributed by atoms with Crippen molar-refractivity contribution in [3.63, 3.8) is 0 Å². The Kier molecular flexibility index (Phi) is 37.7. The summed E-state index contributed by atoms with van der Waals surface area (Å²) in [6, 6.07) is 0. The zero-order chi connectivity index (χ0) is 47.1. The summed E-state index contributed by atoms with van der Waals surface area (Å²) in [5.41, 5.74) is 0. The molecule has 0 bridgehead atoms. The van der Waals surface area contributed by atoms with Gasteiger partial charge in [-0.1, -0.05) is 192 Å². The Labute approximate surface area is 387 Å². The molecule has 0 aromatic rings. The van der Waals surface area contributed by atoms with Crippen LogP contribution in [0.3, 0.4) is 0 Å². The fourth-order valence-electron chi connectivity index (χ4n) is 7.72. The number of unbranched alkanes of at least 4 members (excludes halogenated alkanes) is 24. The summed E-state index contributed by atoms with van der Waals surface area (Å²) in [6.45, 7) is 3.18. The Hall–Kier alpha value is -1.93. The molecule has 0 heterocycles. The molecule has 6 unspecified atom stereocenters. The van der Waals surface area contributed by atoms with Crippen molar-refractivity contribution in [2.75, 3.05) is 13.2 Å². The third-order valence-corrected chi connectivity index (χ3v) is 12.7. The molecule has 1 aliphatic carbocycles. The predicted octanol–water partition coefficient (Wildman–Crippen LogP) is 10.6. The van der Waals surface area contributed by atoms with Gasteiger partial charge in [-0.15, -0.1) is 0 Å². The van der Waals surface area contributed by atoms with Crippen LogP contribution in [0.1, 0.15) is 213 Å². The molecule has 0 aromatic heterocycles. The molecule has 1 saturated carbocycles. The fraction of sp³-hybridized carbons (Fsp3) is 0.840. The van der Waals surface area contributed by atoms with Gasteiger partial charge in [0.15, 0.2) is 6.10 Å². The van der Waals surface area contributed by atoms with E-state index in [4.69, 9.17) is 18.5 Å². The first-order valence-electron chi connectivity index (χ1n) is 25.3. The van der Waals surface area contributed by atoms with Crippen LogP contribution in [0.2, 0.25) is 0 Å². The van der Waals surface area contributed by atoms with Gasteiger partial charge in [0, 0.05) is 12.8 Å². The fourth-order valence-corrected chi connectivity index (χ4v) is 8.69. The molecule has 0 aromatic carbocycles. The molecule has 0 amide bonds. The first-order valence-corrected chi connectivity index (χ1v) is 26.8. The summed E-state index contributed by atoms with van der Waals surface area (Å²) >= 11 is 0. The summed E-state index contributed by atoms with van der Waals surface area (Å²) < 4.78 is 33.5. The number of aliphatic hydroxyl groups is 5. The van der Waals surface area contributed by atoms with Crippen LogP contribution < -0.4 is 0 Å². The highest BCUT2D eigenvalue weighted by atomic mass is 31.2. The maximum Gasteiger partial charge on any atom is 0.472 e. The van der Waals surface area contributed by atoms with Gasteiger partial charge in [-0.05, 0) is 44.9 Å². The maximum atomic E-state index is 12.8. The number of rotatable bonds is 42. The second-order valence-electron chi connectivity index (χ2n) is 17.7. The first-order chi connectivity index (χ1) is 30.9. The molecule has 64 heavy (non-hydrogen) atoms. The Morgan fingerprint density at radius 1 is 0.500 bits per heavy atom. The molecule has 6 atom stereocenters. The van der Waals surface area contributed by atoms with E-state index in [0.29, 0.717) is 12.8 Å². The van der Waals surface area contributed by atoms with Crippen LogP contribution in [0.5, 0.6) is 0 Å². The normalized spacial score (nSPS) is 21.8. The molecular formula is C50H91O13P. The van der Waals surface area contributed by atoms with Gasteiger partial charge in [-0.2, -0.15) is 0 Å². The minimum absolute atomic E-state index is 0.0630. The third kappa shape index (κ3) is 31.9. The number of carbonyl (C=O) groups excluding carboxylic acids is 2.